The van der Waals surface area contributed by atoms with Crippen molar-refractivity contribution in [1.29, 1.82) is 0 Å². The fourth-order valence-corrected chi connectivity index (χ4v) is 3.55. The van der Waals surface area contributed by atoms with Gasteiger partial charge in [-0.15, -0.1) is 0 Å². The lowest BCUT2D eigenvalue weighted by molar-refractivity contribution is 0.0126. The summed E-state index contributed by atoms with van der Waals surface area (Å²) in [6, 6.07) is 6.35. The van der Waals surface area contributed by atoms with E-state index in [1.54, 1.807) is 31.2 Å². The van der Waals surface area contributed by atoms with Gasteiger partial charge in [0.05, 0.1) is 17.6 Å². The molecule has 6 heteroatoms. The molecule has 1 saturated heterocycles. The number of piperidine rings is 1. The van der Waals surface area contributed by atoms with E-state index in [0.29, 0.717) is 31.7 Å². The number of rotatable bonds is 3. The van der Waals surface area contributed by atoms with Crippen molar-refractivity contribution in [2.45, 2.75) is 30.3 Å². The van der Waals surface area contributed by atoms with E-state index in [0.717, 1.165) is 0 Å². The van der Waals surface area contributed by atoms with Crippen molar-refractivity contribution >= 4 is 10.0 Å². The Morgan fingerprint density at radius 2 is 1.74 bits per heavy atom. The van der Waals surface area contributed by atoms with Gasteiger partial charge >= 0.3 is 0 Å². The first kappa shape index (κ1) is 14.3. The zero-order valence-electron chi connectivity index (χ0n) is 11.2. The van der Waals surface area contributed by atoms with Gasteiger partial charge in [0.25, 0.3) is 0 Å². The van der Waals surface area contributed by atoms with Gasteiger partial charge in [-0.05, 0) is 44.0 Å². The second-order valence-corrected chi connectivity index (χ2v) is 7.01. The normalized spacial score (nSPS) is 20.2. The van der Waals surface area contributed by atoms with Crippen LogP contribution in [0.2, 0.25) is 0 Å². The second kappa shape index (κ2) is 5.11. The molecule has 0 saturated carbocycles. The van der Waals surface area contributed by atoms with Crippen LogP contribution in [0.15, 0.2) is 29.2 Å². The topological polar surface area (TPSA) is 66.8 Å². The van der Waals surface area contributed by atoms with Gasteiger partial charge in [0, 0.05) is 13.1 Å². The zero-order valence-corrected chi connectivity index (χ0v) is 12.0. The third kappa shape index (κ3) is 3.08. The Morgan fingerprint density at radius 3 is 2.21 bits per heavy atom. The highest BCUT2D eigenvalue weighted by molar-refractivity contribution is 7.89. The van der Waals surface area contributed by atoms with Crippen molar-refractivity contribution in [3.8, 4) is 5.75 Å². The van der Waals surface area contributed by atoms with E-state index >= 15 is 0 Å². The molecule has 0 aromatic heterocycles. The summed E-state index contributed by atoms with van der Waals surface area (Å²) in [5, 5.41) is 9.86. The molecule has 0 atom stereocenters. The molecule has 0 unspecified atom stereocenters. The van der Waals surface area contributed by atoms with Gasteiger partial charge in [0.15, 0.2) is 0 Å². The summed E-state index contributed by atoms with van der Waals surface area (Å²) in [5.41, 5.74) is -0.758. The van der Waals surface area contributed by atoms with Crippen molar-refractivity contribution in [2.24, 2.45) is 0 Å². The highest BCUT2D eigenvalue weighted by atomic mass is 32.2. The first-order chi connectivity index (χ1) is 8.85. The zero-order chi connectivity index (χ0) is 14.1. The summed E-state index contributed by atoms with van der Waals surface area (Å²) in [6.45, 7) is 2.44. The number of sulfonamides is 1. The molecule has 1 aliphatic heterocycles. The van der Waals surface area contributed by atoms with E-state index in [4.69, 9.17) is 4.74 Å². The maximum absolute atomic E-state index is 12.4. The molecule has 1 N–H and O–H groups in total. The largest absolute Gasteiger partial charge is 0.497 e. The van der Waals surface area contributed by atoms with Crippen molar-refractivity contribution in [2.75, 3.05) is 20.2 Å². The van der Waals surface area contributed by atoms with Gasteiger partial charge in [-0.1, -0.05) is 0 Å². The van der Waals surface area contributed by atoms with E-state index in [2.05, 4.69) is 0 Å². The number of nitrogens with zero attached hydrogens (tertiary/aromatic N) is 1. The van der Waals surface area contributed by atoms with Crippen LogP contribution in [0, 0.1) is 0 Å². The molecule has 2 rings (SSSR count). The maximum atomic E-state index is 12.4. The van der Waals surface area contributed by atoms with Crippen LogP contribution in [0.5, 0.6) is 5.75 Å². The average molecular weight is 285 g/mol. The van der Waals surface area contributed by atoms with Crippen LogP contribution in [0.1, 0.15) is 19.8 Å². The SMILES string of the molecule is COc1ccc(S(=O)(=O)N2CCC(C)(O)CC2)cc1. The van der Waals surface area contributed by atoms with E-state index in [-0.39, 0.29) is 4.90 Å². The standard InChI is InChI=1S/C13H19NO4S/c1-13(15)7-9-14(10-8-13)19(16,17)12-5-3-11(18-2)4-6-12/h3-6,15H,7-10H2,1-2H3. The minimum absolute atomic E-state index is 0.259. The Kier molecular flexibility index (Phi) is 3.85. The molecule has 1 fully saturated rings. The van der Waals surface area contributed by atoms with Gasteiger partial charge in [0.1, 0.15) is 5.75 Å². The summed E-state index contributed by atoms with van der Waals surface area (Å²) in [6.07, 6.45) is 0.921. The minimum atomic E-state index is -3.47. The molecule has 0 spiro atoms. The number of hydrogen-bond acceptors (Lipinski definition) is 4. The smallest absolute Gasteiger partial charge is 0.243 e. The van der Waals surface area contributed by atoms with Crippen molar-refractivity contribution < 1.29 is 18.3 Å². The molecule has 5 nitrogen and oxygen atoms in total. The molecule has 106 valence electrons. The number of ether oxygens (including phenoxy) is 1. The molecule has 0 aliphatic carbocycles. The van der Waals surface area contributed by atoms with Crippen LogP contribution in [-0.2, 0) is 10.0 Å². The quantitative estimate of drug-likeness (QED) is 0.907. The molecular weight excluding hydrogens is 266 g/mol. The molecule has 19 heavy (non-hydrogen) atoms. The first-order valence-electron chi connectivity index (χ1n) is 6.22. The average Bonchev–Trinajstić information content (AvgIpc) is 2.38. The summed E-state index contributed by atoms with van der Waals surface area (Å²) in [5.74, 6) is 0.625. The molecule has 0 amide bonds. The van der Waals surface area contributed by atoms with E-state index in [1.165, 1.54) is 11.4 Å². The van der Waals surface area contributed by atoms with Gasteiger partial charge in [-0.2, -0.15) is 4.31 Å². The molecular formula is C13H19NO4S. The van der Waals surface area contributed by atoms with E-state index in [1.807, 2.05) is 0 Å². The predicted molar refractivity (Wildman–Crippen MR) is 71.6 cm³/mol. The van der Waals surface area contributed by atoms with Crippen molar-refractivity contribution in [3.05, 3.63) is 24.3 Å². The summed E-state index contributed by atoms with van der Waals surface area (Å²) in [4.78, 5) is 0.259. The first-order valence-corrected chi connectivity index (χ1v) is 7.66. The Labute approximate surface area is 113 Å². The van der Waals surface area contributed by atoms with Crippen LogP contribution in [0.3, 0.4) is 0 Å². The Balaban J connectivity index is 2.18. The summed E-state index contributed by atoms with van der Waals surface area (Å²) >= 11 is 0. The van der Waals surface area contributed by atoms with Crippen LogP contribution in [0.25, 0.3) is 0 Å². The summed E-state index contributed by atoms with van der Waals surface area (Å²) in [7, 11) is -1.93. The van der Waals surface area contributed by atoms with Crippen LogP contribution in [0.4, 0.5) is 0 Å². The number of methoxy groups -OCH3 is 1. The van der Waals surface area contributed by atoms with Crippen molar-refractivity contribution in [3.63, 3.8) is 0 Å². The Hall–Kier alpha value is -1.11. The van der Waals surface area contributed by atoms with Crippen LogP contribution in [-0.4, -0.2) is 43.6 Å². The van der Waals surface area contributed by atoms with Crippen LogP contribution >= 0.6 is 0 Å². The van der Waals surface area contributed by atoms with E-state index in [9.17, 15) is 13.5 Å². The molecule has 1 aromatic carbocycles. The summed E-state index contributed by atoms with van der Waals surface area (Å²) < 4.78 is 31.2. The van der Waals surface area contributed by atoms with E-state index < -0.39 is 15.6 Å². The molecule has 1 heterocycles. The fraction of sp³-hybridized carbons (Fsp3) is 0.538. The lowest BCUT2D eigenvalue weighted by Gasteiger charge is -2.34. The molecule has 1 aromatic rings. The molecule has 0 bridgehead atoms. The highest BCUT2D eigenvalue weighted by Crippen LogP contribution is 2.26. The minimum Gasteiger partial charge on any atom is -0.497 e. The van der Waals surface area contributed by atoms with Crippen molar-refractivity contribution in [1.82, 2.24) is 4.31 Å². The predicted octanol–water partition coefficient (Wildman–Crippen LogP) is 1.23. The maximum Gasteiger partial charge on any atom is 0.243 e. The number of aliphatic hydroxyl groups is 1. The third-order valence-electron chi connectivity index (χ3n) is 3.50. The second-order valence-electron chi connectivity index (χ2n) is 5.08. The highest BCUT2D eigenvalue weighted by Gasteiger charge is 2.33. The van der Waals surface area contributed by atoms with Gasteiger partial charge in [0.2, 0.25) is 10.0 Å². The van der Waals surface area contributed by atoms with Crippen LogP contribution < -0.4 is 4.74 Å². The molecule has 0 radical (unpaired) electrons. The third-order valence-corrected chi connectivity index (χ3v) is 5.41. The fourth-order valence-electron chi connectivity index (χ4n) is 2.11. The Morgan fingerprint density at radius 1 is 1.21 bits per heavy atom. The van der Waals surface area contributed by atoms with Gasteiger partial charge < -0.3 is 9.84 Å². The monoisotopic (exact) mass is 285 g/mol. The Bertz CT molecular complexity index is 526. The lowest BCUT2D eigenvalue weighted by atomic mass is 9.95. The lowest BCUT2D eigenvalue weighted by Crippen LogP contribution is -2.45. The van der Waals surface area contributed by atoms with Gasteiger partial charge in [-0.3, -0.25) is 0 Å². The van der Waals surface area contributed by atoms with Gasteiger partial charge in [-0.25, -0.2) is 8.42 Å². The number of benzene rings is 1. The number of hydrogen-bond donors (Lipinski definition) is 1. The molecule has 1 aliphatic rings.